The van der Waals surface area contributed by atoms with Gasteiger partial charge in [-0.25, -0.2) is 0 Å². The van der Waals surface area contributed by atoms with Crippen molar-refractivity contribution in [3.63, 3.8) is 0 Å². The number of pyridine rings is 2. The van der Waals surface area contributed by atoms with Crippen LogP contribution in [0.25, 0.3) is 21.9 Å². The van der Waals surface area contributed by atoms with Crippen molar-refractivity contribution in [2.75, 3.05) is 18.0 Å². The molecule has 1 N–H and O–H groups in total. The molecule has 0 unspecified atom stereocenters. The van der Waals surface area contributed by atoms with E-state index in [0.29, 0.717) is 24.2 Å². The number of benzene rings is 2. The Bertz CT molecular complexity index is 1570. The Morgan fingerprint density at radius 1 is 1.00 bits per heavy atom. The molecule has 0 aliphatic carbocycles. The van der Waals surface area contributed by atoms with Crippen LogP contribution in [0.1, 0.15) is 24.0 Å². The summed E-state index contributed by atoms with van der Waals surface area (Å²) in [5.74, 6) is 0. The van der Waals surface area contributed by atoms with Gasteiger partial charge in [0.25, 0.3) is 5.56 Å². The largest absolute Gasteiger partial charge is 0.464 e. The van der Waals surface area contributed by atoms with Crippen molar-refractivity contribution in [2.45, 2.75) is 32.0 Å². The number of nitrogens with zero attached hydrogens (tertiary/aromatic N) is 3. The van der Waals surface area contributed by atoms with Crippen LogP contribution in [0.15, 0.2) is 88.5 Å². The van der Waals surface area contributed by atoms with Gasteiger partial charge >= 0.3 is 0 Å². The lowest BCUT2D eigenvalue weighted by Crippen LogP contribution is -2.43. The van der Waals surface area contributed by atoms with E-state index in [0.717, 1.165) is 59.1 Å². The van der Waals surface area contributed by atoms with Gasteiger partial charge in [0.05, 0.1) is 24.0 Å². The van der Waals surface area contributed by atoms with Crippen molar-refractivity contribution in [1.29, 1.82) is 0 Å². The number of hydrogen-bond donors (Lipinski definition) is 1. The van der Waals surface area contributed by atoms with Gasteiger partial charge in [-0.05, 0) is 85.6 Å². The van der Waals surface area contributed by atoms with Gasteiger partial charge in [-0.2, -0.15) is 0 Å². The minimum atomic E-state index is -0.0270. The topological polar surface area (TPSA) is 63.3 Å². The summed E-state index contributed by atoms with van der Waals surface area (Å²) in [6.07, 6.45) is 7.25. The first-order valence-corrected chi connectivity index (χ1v) is 12.7. The van der Waals surface area contributed by atoms with Crippen molar-refractivity contribution in [3.05, 3.63) is 106 Å². The van der Waals surface area contributed by atoms with Crippen LogP contribution in [0.4, 0.5) is 5.69 Å². The lowest BCUT2D eigenvalue weighted by Gasteiger charge is -2.37. The van der Waals surface area contributed by atoms with Crippen molar-refractivity contribution < 1.29 is 4.42 Å². The predicted octanol–water partition coefficient (Wildman–Crippen LogP) is 5.60. The van der Waals surface area contributed by atoms with Gasteiger partial charge < -0.3 is 19.2 Å². The molecule has 0 atom stereocenters. The van der Waals surface area contributed by atoms with E-state index in [1.54, 1.807) is 24.7 Å². The average molecular weight is 499 g/mol. The van der Waals surface area contributed by atoms with Crippen LogP contribution in [-0.2, 0) is 13.1 Å². The molecule has 1 aliphatic heterocycles. The van der Waals surface area contributed by atoms with Gasteiger partial charge in [0, 0.05) is 46.8 Å². The van der Waals surface area contributed by atoms with E-state index < -0.39 is 0 Å². The van der Waals surface area contributed by atoms with Crippen LogP contribution in [0, 0.1) is 0 Å². The quantitative estimate of drug-likeness (QED) is 0.330. The molecule has 6 nitrogen and oxygen atoms in total. The van der Waals surface area contributed by atoms with Crippen molar-refractivity contribution in [3.8, 4) is 0 Å². The van der Waals surface area contributed by atoms with Crippen molar-refractivity contribution >= 4 is 39.2 Å². The van der Waals surface area contributed by atoms with Crippen molar-refractivity contribution in [2.24, 2.45) is 0 Å². The molecular weight excluding hydrogens is 472 g/mol. The lowest BCUT2D eigenvalue weighted by molar-refractivity contribution is 0.428. The van der Waals surface area contributed by atoms with E-state index >= 15 is 0 Å². The first-order chi connectivity index (χ1) is 17.7. The highest BCUT2D eigenvalue weighted by atomic mass is 35.5. The average Bonchev–Trinajstić information content (AvgIpc) is 3.38. The predicted molar refractivity (Wildman–Crippen MR) is 145 cm³/mol. The Balaban J connectivity index is 1.48. The molecule has 7 heteroatoms. The van der Waals surface area contributed by atoms with E-state index in [2.05, 4.69) is 27.3 Å². The van der Waals surface area contributed by atoms with Gasteiger partial charge in [0.1, 0.15) is 5.58 Å². The molecule has 4 heterocycles. The molecule has 5 aromatic rings. The summed E-state index contributed by atoms with van der Waals surface area (Å²) in [5, 5.41) is 6.19. The highest BCUT2D eigenvalue weighted by molar-refractivity contribution is 6.31. The molecule has 0 spiro atoms. The van der Waals surface area contributed by atoms with Gasteiger partial charge in [-0.3, -0.25) is 9.78 Å². The zero-order chi connectivity index (χ0) is 24.5. The fraction of sp³-hybridized carbons (Fsp3) is 0.241. The molecule has 6 rings (SSSR count). The molecule has 2 aromatic carbocycles. The van der Waals surface area contributed by atoms with Crippen LogP contribution < -0.4 is 15.8 Å². The maximum Gasteiger partial charge on any atom is 0.253 e. The number of rotatable bonds is 6. The highest BCUT2D eigenvalue weighted by Gasteiger charge is 2.25. The normalized spacial score (nSPS) is 14.5. The number of aromatic nitrogens is 2. The Labute approximate surface area is 214 Å². The van der Waals surface area contributed by atoms with Crippen LogP contribution >= 0.6 is 11.6 Å². The first kappa shape index (κ1) is 22.8. The van der Waals surface area contributed by atoms with E-state index in [1.165, 1.54) is 5.56 Å². The Morgan fingerprint density at radius 2 is 1.83 bits per heavy atom. The Kier molecular flexibility index (Phi) is 6.21. The second-order valence-corrected chi connectivity index (χ2v) is 9.81. The molecule has 3 aromatic heterocycles. The van der Waals surface area contributed by atoms with E-state index in [4.69, 9.17) is 16.0 Å². The monoisotopic (exact) mass is 498 g/mol. The molecule has 1 fully saturated rings. The van der Waals surface area contributed by atoms with Gasteiger partial charge in [0.2, 0.25) is 0 Å². The third-order valence-electron chi connectivity index (χ3n) is 7.07. The van der Waals surface area contributed by atoms with Crippen molar-refractivity contribution in [1.82, 2.24) is 14.9 Å². The second-order valence-electron chi connectivity index (χ2n) is 9.37. The molecule has 36 heavy (non-hydrogen) atoms. The first-order valence-electron chi connectivity index (χ1n) is 12.3. The summed E-state index contributed by atoms with van der Waals surface area (Å²) in [6, 6.07) is 20.1. The maximum absolute atomic E-state index is 13.6. The van der Waals surface area contributed by atoms with E-state index in [9.17, 15) is 4.79 Å². The minimum absolute atomic E-state index is 0.0270. The molecule has 0 amide bonds. The molecule has 0 radical (unpaired) electrons. The molecule has 182 valence electrons. The summed E-state index contributed by atoms with van der Waals surface area (Å²) in [7, 11) is 0. The zero-order valence-electron chi connectivity index (χ0n) is 19.9. The molecule has 0 bridgehead atoms. The van der Waals surface area contributed by atoms with Crippen LogP contribution in [0.3, 0.4) is 0 Å². The SMILES string of the molecule is O=c1cc(N(Cc2ccc3occc3c2)C2CCNCC2)c2cc(Cl)ccc2n1Cc1ccncc1. The number of halogens is 1. The van der Waals surface area contributed by atoms with Gasteiger partial charge in [-0.1, -0.05) is 17.7 Å². The number of hydrogen-bond acceptors (Lipinski definition) is 5. The molecular formula is C29H27ClN4O2. The number of fused-ring (bicyclic) bond motifs is 2. The molecule has 0 saturated carbocycles. The highest BCUT2D eigenvalue weighted by Crippen LogP contribution is 2.33. The Morgan fingerprint density at radius 3 is 2.67 bits per heavy atom. The lowest BCUT2D eigenvalue weighted by atomic mass is 10.0. The minimum Gasteiger partial charge on any atom is -0.464 e. The van der Waals surface area contributed by atoms with Crippen LogP contribution in [0.5, 0.6) is 0 Å². The summed E-state index contributed by atoms with van der Waals surface area (Å²) < 4.78 is 7.36. The summed E-state index contributed by atoms with van der Waals surface area (Å²) in [5.41, 5.74) is 4.87. The number of furan rings is 1. The van der Waals surface area contributed by atoms with E-state index in [-0.39, 0.29) is 5.56 Å². The third-order valence-corrected chi connectivity index (χ3v) is 7.31. The van der Waals surface area contributed by atoms with Crippen LogP contribution in [0.2, 0.25) is 5.02 Å². The molecule has 1 saturated heterocycles. The fourth-order valence-electron chi connectivity index (χ4n) is 5.25. The summed E-state index contributed by atoms with van der Waals surface area (Å²) in [4.78, 5) is 20.1. The number of nitrogens with one attached hydrogen (secondary N) is 1. The fourth-order valence-corrected chi connectivity index (χ4v) is 5.42. The summed E-state index contributed by atoms with van der Waals surface area (Å²) >= 11 is 6.51. The number of anilines is 1. The van der Waals surface area contributed by atoms with Crippen LogP contribution in [-0.4, -0.2) is 28.7 Å². The van der Waals surface area contributed by atoms with Gasteiger partial charge in [0.15, 0.2) is 0 Å². The number of piperidine rings is 1. The van der Waals surface area contributed by atoms with Gasteiger partial charge in [-0.15, -0.1) is 0 Å². The van der Waals surface area contributed by atoms with E-state index in [1.807, 2.05) is 47.0 Å². The third kappa shape index (κ3) is 4.50. The second kappa shape index (κ2) is 9.80. The standard InChI is InChI=1S/C29H27ClN4O2/c30-23-2-3-26-25(16-23)27(17-29(35)34(26)18-20-5-10-31-11-6-20)33(24-7-12-32-13-8-24)19-21-1-4-28-22(15-21)9-14-36-28/h1-6,9-11,14-17,24,32H,7-8,12-13,18-19H2. The summed E-state index contributed by atoms with van der Waals surface area (Å²) in [6.45, 7) is 3.09. The smallest absolute Gasteiger partial charge is 0.253 e. The Hall–Kier alpha value is -3.61. The maximum atomic E-state index is 13.6. The molecule has 1 aliphatic rings. The zero-order valence-corrected chi connectivity index (χ0v) is 20.6.